The summed E-state index contributed by atoms with van der Waals surface area (Å²) in [4.78, 5) is 26.5. The number of likely N-dealkylation sites (tertiary alicyclic amines) is 1. The third-order valence-corrected chi connectivity index (χ3v) is 4.22. The molecular weight excluding hydrogens is 278 g/mol. The Morgan fingerprint density at radius 1 is 1.36 bits per heavy atom. The Kier molecular flexibility index (Phi) is 5.95. The molecule has 0 bridgehead atoms. The average Bonchev–Trinajstić information content (AvgIpc) is 2.59. The number of nitrogens with zero attached hydrogens (tertiary/aromatic N) is 1. The van der Waals surface area contributed by atoms with Crippen molar-refractivity contribution in [3.8, 4) is 0 Å². The molecule has 0 aromatic heterocycles. The second-order valence-corrected chi connectivity index (χ2v) is 5.84. The number of nitrogens with two attached hydrogens (primary N) is 1. The molecule has 120 valence electrons. The topological polar surface area (TPSA) is 75.4 Å². The molecule has 5 heteroatoms. The summed E-state index contributed by atoms with van der Waals surface area (Å²) in [6.07, 6.45) is 1.70. The van der Waals surface area contributed by atoms with Crippen molar-refractivity contribution in [2.45, 2.75) is 25.7 Å². The Bertz CT molecular complexity index is 504. The third kappa shape index (κ3) is 4.07. The lowest BCUT2D eigenvalue weighted by Gasteiger charge is -2.33. The van der Waals surface area contributed by atoms with Gasteiger partial charge in [0.15, 0.2) is 0 Å². The molecule has 22 heavy (non-hydrogen) atoms. The molecule has 1 fully saturated rings. The van der Waals surface area contributed by atoms with Gasteiger partial charge in [-0.15, -0.1) is 0 Å². The smallest absolute Gasteiger partial charge is 0.229 e. The van der Waals surface area contributed by atoms with Crippen LogP contribution in [0, 0.1) is 5.92 Å². The minimum atomic E-state index is -0.174. The van der Waals surface area contributed by atoms with Gasteiger partial charge in [0.25, 0.3) is 0 Å². The van der Waals surface area contributed by atoms with Crippen molar-refractivity contribution in [2.75, 3.05) is 26.2 Å². The van der Waals surface area contributed by atoms with E-state index >= 15 is 0 Å². The summed E-state index contributed by atoms with van der Waals surface area (Å²) in [6, 6.07) is 9.77. The van der Waals surface area contributed by atoms with Crippen LogP contribution in [0.2, 0.25) is 0 Å². The van der Waals surface area contributed by atoms with E-state index in [1.54, 1.807) is 0 Å². The van der Waals surface area contributed by atoms with Crippen LogP contribution in [0.4, 0.5) is 0 Å². The first-order valence-electron chi connectivity index (χ1n) is 7.95. The fourth-order valence-electron chi connectivity index (χ4n) is 2.89. The van der Waals surface area contributed by atoms with Crippen molar-refractivity contribution >= 4 is 11.8 Å². The van der Waals surface area contributed by atoms with Gasteiger partial charge < -0.3 is 16.0 Å². The van der Waals surface area contributed by atoms with Crippen LogP contribution >= 0.6 is 0 Å². The molecule has 0 saturated carbocycles. The number of hydrogen-bond acceptors (Lipinski definition) is 3. The van der Waals surface area contributed by atoms with E-state index in [1.165, 1.54) is 0 Å². The fourth-order valence-corrected chi connectivity index (χ4v) is 2.89. The number of amides is 2. The van der Waals surface area contributed by atoms with Crippen LogP contribution in [0.25, 0.3) is 0 Å². The van der Waals surface area contributed by atoms with Crippen molar-refractivity contribution < 1.29 is 9.59 Å². The first kappa shape index (κ1) is 16.5. The molecule has 1 aromatic rings. The van der Waals surface area contributed by atoms with Gasteiger partial charge in [-0.25, -0.2) is 0 Å². The number of benzene rings is 1. The highest BCUT2D eigenvalue weighted by Gasteiger charge is 2.30. The van der Waals surface area contributed by atoms with Crippen molar-refractivity contribution in [2.24, 2.45) is 11.7 Å². The normalized spacial score (nSPS) is 19.5. The Morgan fingerprint density at radius 3 is 2.77 bits per heavy atom. The Hall–Kier alpha value is -1.88. The van der Waals surface area contributed by atoms with Gasteiger partial charge >= 0.3 is 0 Å². The van der Waals surface area contributed by atoms with E-state index in [4.69, 9.17) is 5.73 Å². The minimum absolute atomic E-state index is 0.00955. The van der Waals surface area contributed by atoms with Crippen LogP contribution in [-0.4, -0.2) is 42.9 Å². The number of carbonyl (C=O) groups excluding carboxylic acids is 2. The zero-order chi connectivity index (χ0) is 15.9. The lowest BCUT2D eigenvalue weighted by molar-refractivity contribution is -0.136. The summed E-state index contributed by atoms with van der Waals surface area (Å²) in [7, 11) is 0. The summed E-state index contributed by atoms with van der Waals surface area (Å²) < 4.78 is 0. The van der Waals surface area contributed by atoms with Crippen LogP contribution in [-0.2, 0) is 9.59 Å². The van der Waals surface area contributed by atoms with E-state index in [0.717, 1.165) is 24.9 Å². The predicted octanol–water partition coefficient (Wildman–Crippen LogP) is 1.10. The molecular formula is C17H25N3O2. The van der Waals surface area contributed by atoms with Gasteiger partial charge in [0.2, 0.25) is 11.8 Å². The van der Waals surface area contributed by atoms with E-state index in [1.807, 2.05) is 42.2 Å². The highest BCUT2D eigenvalue weighted by atomic mass is 16.2. The molecule has 0 radical (unpaired) electrons. The molecule has 1 saturated heterocycles. The van der Waals surface area contributed by atoms with E-state index in [9.17, 15) is 9.59 Å². The summed E-state index contributed by atoms with van der Waals surface area (Å²) in [5.74, 6) is -0.183. The molecule has 0 aliphatic carbocycles. The van der Waals surface area contributed by atoms with Crippen LogP contribution in [0.3, 0.4) is 0 Å². The fraction of sp³-hybridized carbons (Fsp3) is 0.529. The summed E-state index contributed by atoms with van der Waals surface area (Å²) in [5.41, 5.74) is 6.42. The van der Waals surface area contributed by atoms with Crippen LogP contribution < -0.4 is 11.1 Å². The summed E-state index contributed by atoms with van der Waals surface area (Å²) in [6.45, 7) is 4.09. The molecule has 1 aromatic carbocycles. The first-order chi connectivity index (χ1) is 10.6. The van der Waals surface area contributed by atoms with Gasteiger partial charge in [0.1, 0.15) is 0 Å². The second kappa shape index (κ2) is 7.94. The largest absolute Gasteiger partial charge is 0.355 e. The zero-order valence-corrected chi connectivity index (χ0v) is 13.1. The van der Waals surface area contributed by atoms with Crippen molar-refractivity contribution in [3.05, 3.63) is 35.9 Å². The minimum Gasteiger partial charge on any atom is -0.355 e. The van der Waals surface area contributed by atoms with E-state index in [-0.39, 0.29) is 23.7 Å². The predicted molar refractivity (Wildman–Crippen MR) is 86.2 cm³/mol. The molecule has 3 N–H and O–H groups in total. The van der Waals surface area contributed by atoms with E-state index < -0.39 is 0 Å². The molecule has 2 unspecified atom stereocenters. The SMILES string of the molecule is CC(C(=O)N1CCCC(C(=O)NCCN)C1)c1ccccc1. The van der Waals surface area contributed by atoms with Crippen LogP contribution in [0.15, 0.2) is 30.3 Å². The quantitative estimate of drug-likeness (QED) is 0.855. The van der Waals surface area contributed by atoms with Crippen LogP contribution in [0.1, 0.15) is 31.2 Å². The monoisotopic (exact) mass is 303 g/mol. The highest BCUT2D eigenvalue weighted by Crippen LogP contribution is 2.23. The van der Waals surface area contributed by atoms with Gasteiger partial charge in [-0.1, -0.05) is 30.3 Å². The van der Waals surface area contributed by atoms with Crippen molar-refractivity contribution in [1.82, 2.24) is 10.2 Å². The molecule has 2 rings (SSSR count). The molecule has 0 spiro atoms. The highest BCUT2D eigenvalue weighted by molar-refractivity contribution is 5.85. The molecule has 2 atom stereocenters. The number of piperidine rings is 1. The van der Waals surface area contributed by atoms with E-state index in [2.05, 4.69) is 5.32 Å². The lowest BCUT2D eigenvalue weighted by atomic mass is 9.94. The first-order valence-corrected chi connectivity index (χ1v) is 7.95. The molecule has 1 aliphatic rings. The van der Waals surface area contributed by atoms with E-state index in [0.29, 0.717) is 19.6 Å². The van der Waals surface area contributed by atoms with Crippen molar-refractivity contribution in [3.63, 3.8) is 0 Å². The van der Waals surface area contributed by atoms with Crippen molar-refractivity contribution in [1.29, 1.82) is 0 Å². The van der Waals surface area contributed by atoms with Gasteiger partial charge in [0, 0.05) is 26.2 Å². The number of nitrogens with one attached hydrogen (secondary N) is 1. The average molecular weight is 303 g/mol. The standard InChI is InChI=1S/C17H25N3O2/c1-13(14-6-3-2-4-7-14)17(22)20-11-5-8-15(12-20)16(21)19-10-9-18/h2-4,6-7,13,15H,5,8-12,18H2,1H3,(H,19,21). The Morgan fingerprint density at radius 2 is 2.09 bits per heavy atom. The maximum absolute atomic E-state index is 12.7. The molecule has 5 nitrogen and oxygen atoms in total. The van der Waals surface area contributed by atoms with Gasteiger partial charge in [-0.05, 0) is 25.3 Å². The number of rotatable bonds is 5. The number of carbonyl (C=O) groups is 2. The maximum atomic E-state index is 12.7. The lowest BCUT2D eigenvalue weighted by Crippen LogP contribution is -2.47. The Balaban J connectivity index is 1.96. The van der Waals surface area contributed by atoms with Crippen LogP contribution in [0.5, 0.6) is 0 Å². The third-order valence-electron chi connectivity index (χ3n) is 4.22. The zero-order valence-electron chi connectivity index (χ0n) is 13.1. The molecule has 1 heterocycles. The summed E-state index contributed by atoms with van der Waals surface area (Å²) in [5, 5.41) is 2.82. The van der Waals surface area contributed by atoms with Gasteiger partial charge in [-0.2, -0.15) is 0 Å². The molecule has 2 amide bonds. The van der Waals surface area contributed by atoms with Gasteiger partial charge in [-0.3, -0.25) is 9.59 Å². The second-order valence-electron chi connectivity index (χ2n) is 5.84. The molecule has 1 aliphatic heterocycles. The maximum Gasteiger partial charge on any atom is 0.229 e. The number of hydrogen-bond donors (Lipinski definition) is 2. The van der Waals surface area contributed by atoms with Gasteiger partial charge in [0.05, 0.1) is 11.8 Å². The Labute approximate surface area is 131 Å². The summed E-state index contributed by atoms with van der Waals surface area (Å²) >= 11 is 0.